The van der Waals surface area contributed by atoms with Crippen molar-refractivity contribution in [3.63, 3.8) is 0 Å². The van der Waals surface area contributed by atoms with Crippen LogP contribution in [0, 0.1) is 6.92 Å². The molecule has 0 radical (unpaired) electrons. The molecule has 0 atom stereocenters. The molecule has 1 aromatic heterocycles. The van der Waals surface area contributed by atoms with Gasteiger partial charge in [0.25, 0.3) is 0 Å². The number of rotatable bonds is 4. The first-order valence-corrected chi connectivity index (χ1v) is 6.29. The van der Waals surface area contributed by atoms with Gasteiger partial charge < -0.3 is 15.2 Å². The Kier molecular flexibility index (Phi) is 3.89. The molecule has 0 saturated carbocycles. The molecule has 1 fully saturated rings. The van der Waals surface area contributed by atoms with E-state index >= 15 is 0 Å². The molecule has 1 aliphatic heterocycles. The van der Waals surface area contributed by atoms with Gasteiger partial charge >= 0.3 is 0 Å². The minimum absolute atomic E-state index is 0.206. The Bertz CT molecular complexity index is 370. The van der Waals surface area contributed by atoms with Crippen molar-refractivity contribution in [3.05, 3.63) is 5.69 Å². The monoisotopic (exact) mass is 239 g/mol. The standard InChI is InChI=1S/C12H21N3O2/c1-3-6-15-12(11(13)9(2)14-15)17-10-4-7-16-8-5-10/h10H,3-8,13H2,1-2H3. The van der Waals surface area contributed by atoms with Crippen molar-refractivity contribution in [2.24, 2.45) is 0 Å². The van der Waals surface area contributed by atoms with Gasteiger partial charge in [0.05, 0.1) is 18.9 Å². The highest BCUT2D eigenvalue weighted by atomic mass is 16.5. The van der Waals surface area contributed by atoms with Gasteiger partial charge in [0.1, 0.15) is 11.8 Å². The molecule has 1 saturated heterocycles. The predicted octanol–water partition coefficient (Wildman–Crippen LogP) is 1.74. The van der Waals surface area contributed by atoms with E-state index in [9.17, 15) is 0 Å². The maximum atomic E-state index is 6.01. The van der Waals surface area contributed by atoms with Crippen molar-refractivity contribution in [3.8, 4) is 5.88 Å². The lowest BCUT2D eigenvalue weighted by Crippen LogP contribution is -2.27. The van der Waals surface area contributed by atoms with Gasteiger partial charge in [-0.1, -0.05) is 6.92 Å². The maximum Gasteiger partial charge on any atom is 0.236 e. The lowest BCUT2D eigenvalue weighted by atomic mass is 10.1. The number of aryl methyl sites for hydroxylation is 2. The largest absolute Gasteiger partial charge is 0.473 e. The second kappa shape index (κ2) is 5.40. The normalized spacial score (nSPS) is 17.3. The van der Waals surface area contributed by atoms with Crippen LogP contribution in [0.2, 0.25) is 0 Å². The molecule has 2 N–H and O–H groups in total. The molecule has 0 unspecified atom stereocenters. The summed E-state index contributed by atoms with van der Waals surface area (Å²) < 4.78 is 13.2. The number of nitrogen functional groups attached to an aromatic ring is 1. The summed E-state index contributed by atoms with van der Waals surface area (Å²) in [5.41, 5.74) is 7.53. The third kappa shape index (κ3) is 2.72. The molecule has 1 aliphatic rings. The van der Waals surface area contributed by atoms with Crippen LogP contribution < -0.4 is 10.5 Å². The summed E-state index contributed by atoms with van der Waals surface area (Å²) in [6.45, 7) is 6.41. The van der Waals surface area contributed by atoms with E-state index in [2.05, 4.69) is 12.0 Å². The van der Waals surface area contributed by atoms with Gasteiger partial charge in [0.2, 0.25) is 5.88 Å². The zero-order chi connectivity index (χ0) is 12.3. The van der Waals surface area contributed by atoms with E-state index in [1.807, 2.05) is 11.6 Å². The van der Waals surface area contributed by atoms with Crippen LogP contribution in [0.5, 0.6) is 5.88 Å². The van der Waals surface area contributed by atoms with E-state index < -0.39 is 0 Å². The van der Waals surface area contributed by atoms with E-state index in [0.717, 1.165) is 50.6 Å². The molecule has 2 heterocycles. The van der Waals surface area contributed by atoms with Crippen LogP contribution in [-0.4, -0.2) is 29.1 Å². The van der Waals surface area contributed by atoms with E-state index in [0.29, 0.717) is 5.69 Å². The van der Waals surface area contributed by atoms with E-state index in [4.69, 9.17) is 15.2 Å². The highest BCUT2D eigenvalue weighted by molar-refractivity contribution is 5.52. The Morgan fingerprint density at radius 2 is 2.18 bits per heavy atom. The number of ether oxygens (including phenoxy) is 2. The third-order valence-corrected chi connectivity index (χ3v) is 3.01. The Balaban J connectivity index is 2.12. The molecule has 0 aliphatic carbocycles. The summed E-state index contributed by atoms with van der Waals surface area (Å²) in [7, 11) is 0. The van der Waals surface area contributed by atoms with Crippen molar-refractivity contribution < 1.29 is 9.47 Å². The van der Waals surface area contributed by atoms with Gasteiger partial charge in [0.15, 0.2) is 0 Å². The second-order valence-electron chi connectivity index (χ2n) is 4.46. The molecule has 0 bridgehead atoms. The zero-order valence-electron chi connectivity index (χ0n) is 10.6. The van der Waals surface area contributed by atoms with Crippen LogP contribution >= 0.6 is 0 Å². The van der Waals surface area contributed by atoms with Crippen molar-refractivity contribution >= 4 is 5.69 Å². The number of hydrogen-bond donors (Lipinski definition) is 1. The van der Waals surface area contributed by atoms with Gasteiger partial charge in [-0.25, -0.2) is 4.68 Å². The van der Waals surface area contributed by atoms with E-state index in [1.165, 1.54) is 0 Å². The minimum Gasteiger partial charge on any atom is -0.473 e. The fourth-order valence-electron chi connectivity index (χ4n) is 2.01. The second-order valence-corrected chi connectivity index (χ2v) is 4.46. The van der Waals surface area contributed by atoms with Gasteiger partial charge in [0, 0.05) is 19.4 Å². The lowest BCUT2D eigenvalue weighted by Gasteiger charge is -2.23. The number of hydrogen-bond acceptors (Lipinski definition) is 4. The molecule has 1 aromatic rings. The first kappa shape index (κ1) is 12.2. The smallest absolute Gasteiger partial charge is 0.236 e. The number of aromatic nitrogens is 2. The van der Waals surface area contributed by atoms with Crippen LogP contribution in [-0.2, 0) is 11.3 Å². The fourth-order valence-corrected chi connectivity index (χ4v) is 2.01. The SMILES string of the molecule is CCCn1nc(C)c(N)c1OC1CCOCC1. The summed E-state index contributed by atoms with van der Waals surface area (Å²) in [6, 6.07) is 0. The fraction of sp³-hybridized carbons (Fsp3) is 0.750. The number of nitrogens with two attached hydrogens (primary N) is 1. The molecule has 0 spiro atoms. The van der Waals surface area contributed by atoms with Crippen LogP contribution in [0.25, 0.3) is 0 Å². The van der Waals surface area contributed by atoms with E-state index in [-0.39, 0.29) is 6.10 Å². The molecule has 96 valence electrons. The van der Waals surface area contributed by atoms with Gasteiger partial charge in [-0.2, -0.15) is 5.10 Å². The highest BCUT2D eigenvalue weighted by Gasteiger charge is 2.20. The quantitative estimate of drug-likeness (QED) is 0.869. The molecule has 0 amide bonds. The van der Waals surface area contributed by atoms with Crippen molar-refractivity contribution in [1.29, 1.82) is 0 Å². The maximum absolute atomic E-state index is 6.01. The third-order valence-electron chi connectivity index (χ3n) is 3.01. The summed E-state index contributed by atoms with van der Waals surface area (Å²) in [5.74, 6) is 0.733. The Hall–Kier alpha value is -1.23. The molecule has 5 heteroatoms. The van der Waals surface area contributed by atoms with Crippen LogP contribution in [0.3, 0.4) is 0 Å². The van der Waals surface area contributed by atoms with Crippen LogP contribution in [0.1, 0.15) is 31.9 Å². The first-order valence-electron chi connectivity index (χ1n) is 6.29. The Morgan fingerprint density at radius 3 is 2.82 bits per heavy atom. The van der Waals surface area contributed by atoms with Gasteiger partial charge in [-0.3, -0.25) is 0 Å². The zero-order valence-corrected chi connectivity index (χ0v) is 10.6. The van der Waals surface area contributed by atoms with Gasteiger partial charge in [-0.05, 0) is 13.3 Å². The summed E-state index contributed by atoms with van der Waals surface area (Å²) in [6.07, 6.45) is 3.08. The van der Waals surface area contributed by atoms with Crippen molar-refractivity contribution in [2.75, 3.05) is 18.9 Å². The molecular formula is C12H21N3O2. The predicted molar refractivity (Wildman–Crippen MR) is 66.1 cm³/mol. The first-order chi connectivity index (χ1) is 8.22. The number of anilines is 1. The summed E-state index contributed by atoms with van der Waals surface area (Å²) in [4.78, 5) is 0. The summed E-state index contributed by atoms with van der Waals surface area (Å²) >= 11 is 0. The molecule has 17 heavy (non-hydrogen) atoms. The van der Waals surface area contributed by atoms with E-state index in [1.54, 1.807) is 0 Å². The Morgan fingerprint density at radius 1 is 1.47 bits per heavy atom. The molecular weight excluding hydrogens is 218 g/mol. The summed E-state index contributed by atoms with van der Waals surface area (Å²) in [5, 5.41) is 4.40. The number of nitrogens with zero attached hydrogens (tertiary/aromatic N) is 2. The lowest BCUT2D eigenvalue weighted by molar-refractivity contribution is 0.0219. The highest BCUT2D eigenvalue weighted by Crippen LogP contribution is 2.27. The average Bonchev–Trinajstić information content (AvgIpc) is 2.59. The van der Waals surface area contributed by atoms with Crippen molar-refractivity contribution in [2.45, 2.75) is 45.8 Å². The van der Waals surface area contributed by atoms with Crippen LogP contribution in [0.4, 0.5) is 5.69 Å². The minimum atomic E-state index is 0.206. The van der Waals surface area contributed by atoms with Crippen molar-refractivity contribution in [1.82, 2.24) is 9.78 Å². The topological polar surface area (TPSA) is 62.3 Å². The molecule has 0 aromatic carbocycles. The Labute approximate surface area is 102 Å². The molecule has 2 rings (SSSR count). The van der Waals surface area contributed by atoms with Gasteiger partial charge in [-0.15, -0.1) is 0 Å². The molecule has 5 nitrogen and oxygen atoms in total. The van der Waals surface area contributed by atoms with Crippen LogP contribution in [0.15, 0.2) is 0 Å². The average molecular weight is 239 g/mol.